The molecule has 0 saturated heterocycles. The summed E-state index contributed by atoms with van der Waals surface area (Å²) >= 11 is 0. The van der Waals surface area contributed by atoms with Crippen LogP contribution in [0.2, 0.25) is 0 Å². The monoisotopic (exact) mass is 523 g/mol. The molecule has 41 heavy (non-hydrogen) atoms. The quantitative estimate of drug-likeness (QED) is 0.210. The first kappa shape index (κ1) is 23.8. The van der Waals surface area contributed by atoms with Crippen LogP contribution in [0.25, 0.3) is 66.2 Å². The molecule has 7 aromatic rings. The maximum Gasteiger partial charge on any atom is 0.0714 e. The Hall–Kier alpha value is -5.01. The molecule has 6 aromatic carbocycles. The van der Waals surface area contributed by atoms with E-state index in [0.717, 1.165) is 5.69 Å². The van der Waals surface area contributed by atoms with E-state index in [9.17, 15) is 0 Å². The maximum atomic E-state index is 4.84. The van der Waals surface area contributed by atoms with Gasteiger partial charge in [-0.05, 0) is 84.3 Å². The van der Waals surface area contributed by atoms with Crippen LogP contribution in [0.5, 0.6) is 0 Å². The van der Waals surface area contributed by atoms with Crippen molar-refractivity contribution in [1.29, 1.82) is 0 Å². The molecule has 1 heteroatoms. The lowest BCUT2D eigenvalue weighted by atomic mass is 9.80. The standard InChI is InChI=1S/C40H29N/c1-40(2)34-19-9-8-17-31(34)38-32(18-12-20-35(38)40)37-28-15-6-7-16-29(28)39(36-21-10-11-24-41-36)30-23-22-27(25-33(30)37)26-13-4-3-5-14-26/h3-25H,1-2H3. The van der Waals surface area contributed by atoms with Crippen LogP contribution in [0.1, 0.15) is 25.0 Å². The van der Waals surface area contributed by atoms with E-state index < -0.39 is 0 Å². The minimum absolute atomic E-state index is 0.0589. The lowest BCUT2D eigenvalue weighted by Crippen LogP contribution is -2.14. The molecule has 0 unspecified atom stereocenters. The first-order valence-corrected chi connectivity index (χ1v) is 14.3. The van der Waals surface area contributed by atoms with Crippen LogP contribution >= 0.6 is 0 Å². The number of fused-ring (bicyclic) bond motifs is 5. The van der Waals surface area contributed by atoms with Gasteiger partial charge in [-0.2, -0.15) is 0 Å². The molecule has 0 atom stereocenters. The van der Waals surface area contributed by atoms with Gasteiger partial charge in [0.15, 0.2) is 0 Å². The Morgan fingerprint density at radius 3 is 1.90 bits per heavy atom. The second-order valence-corrected chi connectivity index (χ2v) is 11.5. The van der Waals surface area contributed by atoms with Crippen LogP contribution < -0.4 is 0 Å². The van der Waals surface area contributed by atoms with E-state index in [2.05, 4.69) is 141 Å². The van der Waals surface area contributed by atoms with E-state index >= 15 is 0 Å². The van der Waals surface area contributed by atoms with Gasteiger partial charge in [-0.25, -0.2) is 0 Å². The predicted molar refractivity (Wildman–Crippen MR) is 173 cm³/mol. The average Bonchev–Trinajstić information content (AvgIpc) is 3.27. The predicted octanol–water partition coefficient (Wildman–Crippen LogP) is 10.7. The Morgan fingerprint density at radius 2 is 1.10 bits per heavy atom. The second kappa shape index (κ2) is 9.01. The summed E-state index contributed by atoms with van der Waals surface area (Å²) in [6.45, 7) is 4.71. The third kappa shape index (κ3) is 3.52. The Labute approximate surface area is 240 Å². The Bertz CT molecular complexity index is 2100. The summed E-state index contributed by atoms with van der Waals surface area (Å²) in [5.74, 6) is 0. The molecule has 1 aliphatic carbocycles. The fourth-order valence-electron chi connectivity index (χ4n) is 7.03. The summed E-state index contributed by atoms with van der Waals surface area (Å²) in [5, 5.41) is 4.95. The van der Waals surface area contributed by atoms with Crippen LogP contribution in [0.3, 0.4) is 0 Å². The summed E-state index contributed by atoms with van der Waals surface area (Å²) in [6.07, 6.45) is 1.89. The number of aromatic nitrogens is 1. The third-order valence-corrected chi connectivity index (χ3v) is 8.93. The Kier molecular flexibility index (Phi) is 5.24. The number of pyridine rings is 1. The maximum absolute atomic E-state index is 4.84. The van der Waals surface area contributed by atoms with Gasteiger partial charge in [-0.3, -0.25) is 4.98 Å². The van der Waals surface area contributed by atoms with Crippen molar-refractivity contribution in [3.8, 4) is 44.6 Å². The molecule has 0 fully saturated rings. The highest BCUT2D eigenvalue weighted by Gasteiger charge is 2.37. The fourth-order valence-corrected chi connectivity index (χ4v) is 7.03. The second-order valence-electron chi connectivity index (χ2n) is 11.5. The van der Waals surface area contributed by atoms with Crippen molar-refractivity contribution in [2.75, 3.05) is 0 Å². The normalized spacial score (nSPS) is 13.3. The number of rotatable bonds is 3. The van der Waals surface area contributed by atoms with E-state index in [0.29, 0.717) is 0 Å². The van der Waals surface area contributed by atoms with Crippen molar-refractivity contribution in [2.45, 2.75) is 19.3 Å². The van der Waals surface area contributed by atoms with E-state index in [4.69, 9.17) is 4.98 Å². The number of benzene rings is 6. The molecule has 194 valence electrons. The topological polar surface area (TPSA) is 12.9 Å². The minimum Gasteiger partial charge on any atom is -0.256 e. The van der Waals surface area contributed by atoms with Crippen molar-refractivity contribution in [3.05, 3.63) is 151 Å². The van der Waals surface area contributed by atoms with Crippen molar-refractivity contribution in [2.24, 2.45) is 0 Å². The largest absolute Gasteiger partial charge is 0.256 e. The molecular weight excluding hydrogens is 494 g/mol. The van der Waals surface area contributed by atoms with Crippen LogP contribution in [-0.4, -0.2) is 4.98 Å². The van der Waals surface area contributed by atoms with Gasteiger partial charge in [-0.1, -0.05) is 129 Å². The Balaban J connectivity index is 1.56. The van der Waals surface area contributed by atoms with E-state index in [1.165, 1.54) is 71.6 Å². The number of hydrogen-bond donors (Lipinski definition) is 0. The molecular formula is C40H29N. The SMILES string of the molecule is CC1(C)c2ccccc2-c2c(-c3c4ccccc4c(-c4ccccn4)c4ccc(-c5ccccc5)cc34)cccc21. The highest BCUT2D eigenvalue weighted by Crippen LogP contribution is 2.54. The lowest BCUT2D eigenvalue weighted by Gasteiger charge is -2.22. The molecule has 1 heterocycles. The number of hydrogen-bond acceptors (Lipinski definition) is 1. The summed E-state index contributed by atoms with van der Waals surface area (Å²) in [6, 6.07) is 48.6. The van der Waals surface area contributed by atoms with Gasteiger partial charge in [-0.15, -0.1) is 0 Å². The highest BCUT2D eigenvalue weighted by molar-refractivity contribution is 6.23. The van der Waals surface area contributed by atoms with Crippen LogP contribution in [0.4, 0.5) is 0 Å². The van der Waals surface area contributed by atoms with Gasteiger partial charge in [0, 0.05) is 17.2 Å². The Morgan fingerprint density at radius 1 is 0.439 bits per heavy atom. The molecule has 8 rings (SSSR count). The smallest absolute Gasteiger partial charge is 0.0714 e. The van der Waals surface area contributed by atoms with Crippen LogP contribution in [0.15, 0.2) is 140 Å². The van der Waals surface area contributed by atoms with E-state index in [1.807, 2.05) is 12.3 Å². The van der Waals surface area contributed by atoms with E-state index in [1.54, 1.807) is 0 Å². The lowest BCUT2D eigenvalue weighted by molar-refractivity contribution is 0.660. The number of nitrogens with zero attached hydrogens (tertiary/aromatic N) is 1. The molecule has 0 N–H and O–H groups in total. The average molecular weight is 524 g/mol. The van der Waals surface area contributed by atoms with Crippen LogP contribution in [0, 0.1) is 0 Å². The molecule has 0 aliphatic heterocycles. The van der Waals surface area contributed by atoms with Gasteiger partial charge in [0.2, 0.25) is 0 Å². The molecule has 0 spiro atoms. The van der Waals surface area contributed by atoms with Crippen molar-refractivity contribution < 1.29 is 0 Å². The van der Waals surface area contributed by atoms with Gasteiger partial charge < -0.3 is 0 Å². The zero-order valence-electron chi connectivity index (χ0n) is 23.2. The zero-order valence-corrected chi connectivity index (χ0v) is 23.2. The summed E-state index contributed by atoms with van der Waals surface area (Å²) in [7, 11) is 0. The minimum atomic E-state index is -0.0589. The fraction of sp³-hybridized carbons (Fsp3) is 0.0750. The summed E-state index contributed by atoms with van der Waals surface area (Å²) in [5.41, 5.74) is 12.6. The van der Waals surface area contributed by atoms with Gasteiger partial charge in [0.1, 0.15) is 0 Å². The summed E-state index contributed by atoms with van der Waals surface area (Å²) < 4.78 is 0. The molecule has 0 saturated carbocycles. The summed E-state index contributed by atoms with van der Waals surface area (Å²) in [4.78, 5) is 4.84. The third-order valence-electron chi connectivity index (χ3n) is 8.93. The molecule has 0 bridgehead atoms. The first-order valence-electron chi connectivity index (χ1n) is 14.3. The molecule has 1 aliphatic rings. The van der Waals surface area contributed by atoms with Gasteiger partial charge >= 0.3 is 0 Å². The molecule has 1 aromatic heterocycles. The van der Waals surface area contributed by atoms with Gasteiger partial charge in [0.05, 0.1) is 5.69 Å². The van der Waals surface area contributed by atoms with Crippen molar-refractivity contribution in [3.63, 3.8) is 0 Å². The van der Waals surface area contributed by atoms with Crippen LogP contribution in [-0.2, 0) is 5.41 Å². The van der Waals surface area contributed by atoms with Gasteiger partial charge in [0.25, 0.3) is 0 Å². The zero-order chi connectivity index (χ0) is 27.6. The van der Waals surface area contributed by atoms with Crippen molar-refractivity contribution in [1.82, 2.24) is 4.98 Å². The van der Waals surface area contributed by atoms with Crippen molar-refractivity contribution >= 4 is 21.5 Å². The molecule has 1 nitrogen and oxygen atoms in total. The molecule has 0 radical (unpaired) electrons. The highest BCUT2D eigenvalue weighted by atomic mass is 14.7. The molecule has 0 amide bonds. The van der Waals surface area contributed by atoms with E-state index in [-0.39, 0.29) is 5.41 Å². The first-order chi connectivity index (χ1) is 20.1.